The molecular weight excluding hydrogens is 409 g/mol. The Morgan fingerprint density at radius 1 is 1.10 bits per heavy atom. The van der Waals surface area contributed by atoms with Crippen molar-refractivity contribution >= 4 is 27.4 Å². The van der Waals surface area contributed by atoms with Crippen LogP contribution < -0.4 is 10.2 Å². The Bertz CT molecular complexity index is 1010. The van der Waals surface area contributed by atoms with E-state index in [-0.39, 0.29) is 4.88 Å². The van der Waals surface area contributed by atoms with E-state index in [1.54, 1.807) is 6.07 Å². The lowest BCUT2D eigenvalue weighted by molar-refractivity contribution is -0.126. The monoisotopic (exact) mass is 432 g/mol. The van der Waals surface area contributed by atoms with Crippen LogP contribution >= 0.6 is 11.3 Å². The lowest BCUT2D eigenvalue weighted by atomic mass is 10.0. The van der Waals surface area contributed by atoms with Crippen LogP contribution in [0.4, 0.5) is 19.0 Å². The second-order valence-corrected chi connectivity index (χ2v) is 9.32. The first kappa shape index (κ1) is 19.8. The normalized spacial score (nSPS) is 22.6. The zero-order valence-corrected chi connectivity index (χ0v) is 17.2. The molecule has 2 atom stereocenters. The van der Waals surface area contributed by atoms with Gasteiger partial charge in [-0.05, 0) is 30.9 Å². The molecule has 5 rings (SSSR count). The summed E-state index contributed by atoms with van der Waals surface area (Å²) < 4.78 is 38.3. The lowest BCUT2D eigenvalue weighted by Gasteiger charge is -2.33. The summed E-state index contributed by atoms with van der Waals surface area (Å²) in [4.78, 5) is 11.7. The van der Waals surface area contributed by atoms with E-state index < -0.39 is 12.6 Å². The Morgan fingerprint density at radius 3 is 2.60 bits per heavy atom. The van der Waals surface area contributed by atoms with E-state index in [1.807, 2.05) is 6.07 Å². The molecule has 1 N–H and O–H groups in total. The molecule has 158 valence electrons. The minimum absolute atomic E-state index is 0.288. The molecule has 1 aromatic carbocycles. The minimum Gasteiger partial charge on any atom is -0.356 e. The summed E-state index contributed by atoms with van der Waals surface area (Å²) in [5.74, 6) is 1.38. The quantitative estimate of drug-likeness (QED) is 0.622. The number of rotatable bonds is 5. The molecule has 30 heavy (non-hydrogen) atoms. The number of fused-ring (bicyclic) bond motifs is 1. The number of benzene rings is 1. The molecule has 3 heterocycles. The van der Waals surface area contributed by atoms with Crippen LogP contribution in [0.2, 0.25) is 0 Å². The highest BCUT2D eigenvalue weighted by molar-refractivity contribution is 7.18. The maximum atomic E-state index is 12.8. The van der Waals surface area contributed by atoms with Gasteiger partial charge in [0.1, 0.15) is 17.0 Å². The number of nitrogens with zero attached hydrogens (tertiary/aromatic N) is 3. The van der Waals surface area contributed by atoms with Gasteiger partial charge < -0.3 is 10.2 Å². The maximum Gasteiger partial charge on any atom is 0.393 e. The van der Waals surface area contributed by atoms with Crippen molar-refractivity contribution in [1.29, 1.82) is 0 Å². The second kappa shape index (κ2) is 7.81. The van der Waals surface area contributed by atoms with Crippen molar-refractivity contribution in [2.75, 3.05) is 18.0 Å². The van der Waals surface area contributed by atoms with Crippen LogP contribution in [0, 0.1) is 0 Å². The van der Waals surface area contributed by atoms with Crippen molar-refractivity contribution < 1.29 is 13.2 Å². The van der Waals surface area contributed by atoms with E-state index in [4.69, 9.17) is 0 Å². The smallest absolute Gasteiger partial charge is 0.356 e. The average Bonchev–Trinajstić information content (AvgIpc) is 3.37. The lowest BCUT2D eigenvalue weighted by Crippen LogP contribution is -2.43. The van der Waals surface area contributed by atoms with Crippen molar-refractivity contribution in [3.8, 4) is 0 Å². The van der Waals surface area contributed by atoms with Crippen molar-refractivity contribution in [3.63, 3.8) is 0 Å². The molecule has 0 bridgehead atoms. The van der Waals surface area contributed by atoms with Crippen LogP contribution in [0.25, 0.3) is 10.2 Å². The first-order valence-electron chi connectivity index (χ1n) is 10.3. The molecule has 1 aliphatic heterocycles. The molecule has 1 aliphatic carbocycles. The molecule has 3 aromatic rings. The largest absolute Gasteiger partial charge is 0.393 e. The van der Waals surface area contributed by atoms with Gasteiger partial charge in [0.05, 0.1) is 11.8 Å². The number of anilines is 1. The van der Waals surface area contributed by atoms with Gasteiger partial charge in [0, 0.05) is 36.0 Å². The van der Waals surface area contributed by atoms with E-state index >= 15 is 0 Å². The van der Waals surface area contributed by atoms with Gasteiger partial charge in [-0.1, -0.05) is 30.3 Å². The van der Waals surface area contributed by atoms with E-state index in [0.717, 1.165) is 48.5 Å². The average molecular weight is 433 g/mol. The number of hydrogen-bond acceptors (Lipinski definition) is 5. The summed E-state index contributed by atoms with van der Waals surface area (Å²) in [6.45, 7) is 1.69. The topological polar surface area (TPSA) is 41.0 Å². The zero-order valence-electron chi connectivity index (χ0n) is 16.4. The number of nitrogens with one attached hydrogen (secondary N) is 1. The van der Waals surface area contributed by atoms with Gasteiger partial charge in [0.2, 0.25) is 0 Å². The van der Waals surface area contributed by atoms with E-state index in [1.165, 1.54) is 18.3 Å². The molecule has 0 amide bonds. The standard InChI is InChI=1S/C22H23F3N4S/c23-22(24,25)12-16-10-18-20(26-13-27-21(18)30-16)29-8-6-15(7-9-29)28-19-11-17(19)14-4-2-1-3-5-14/h1-5,10,13,15,17,19,28H,6-9,11-12H2/t17-,19+/m0/s1. The van der Waals surface area contributed by atoms with Gasteiger partial charge in [0.25, 0.3) is 0 Å². The molecule has 1 saturated carbocycles. The number of alkyl halides is 3. The Labute approximate surface area is 177 Å². The van der Waals surface area contributed by atoms with Gasteiger partial charge in [0.15, 0.2) is 0 Å². The van der Waals surface area contributed by atoms with Crippen molar-refractivity contribution in [1.82, 2.24) is 15.3 Å². The number of thiophene rings is 1. The first-order chi connectivity index (χ1) is 14.5. The van der Waals surface area contributed by atoms with Crippen LogP contribution in [0.5, 0.6) is 0 Å². The molecule has 1 saturated heterocycles. The fourth-order valence-corrected chi connectivity index (χ4v) is 5.46. The Hall–Kier alpha value is -2.19. The summed E-state index contributed by atoms with van der Waals surface area (Å²) in [7, 11) is 0. The molecule has 2 fully saturated rings. The third kappa shape index (κ3) is 4.30. The molecule has 0 radical (unpaired) electrons. The van der Waals surface area contributed by atoms with Crippen LogP contribution in [-0.2, 0) is 6.42 Å². The van der Waals surface area contributed by atoms with Crippen molar-refractivity contribution in [2.45, 2.75) is 49.9 Å². The van der Waals surface area contributed by atoms with Crippen LogP contribution in [0.1, 0.15) is 35.6 Å². The molecule has 4 nitrogen and oxygen atoms in total. The fraction of sp³-hybridized carbons (Fsp3) is 0.455. The van der Waals surface area contributed by atoms with Crippen molar-refractivity contribution in [3.05, 3.63) is 53.2 Å². The molecule has 2 aromatic heterocycles. The Kier molecular flexibility index (Phi) is 5.14. The third-order valence-electron chi connectivity index (χ3n) is 6.00. The third-order valence-corrected chi connectivity index (χ3v) is 7.04. The van der Waals surface area contributed by atoms with E-state index in [2.05, 4.69) is 44.5 Å². The number of hydrogen-bond donors (Lipinski definition) is 1. The zero-order chi connectivity index (χ0) is 20.7. The number of halogens is 3. The van der Waals surface area contributed by atoms with Gasteiger partial charge in [-0.3, -0.25) is 0 Å². The highest BCUT2D eigenvalue weighted by Crippen LogP contribution is 2.41. The Morgan fingerprint density at radius 2 is 1.87 bits per heavy atom. The molecule has 2 aliphatic rings. The van der Waals surface area contributed by atoms with Gasteiger partial charge >= 0.3 is 6.18 Å². The molecule has 8 heteroatoms. The predicted octanol–water partition coefficient (Wildman–Crippen LogP) is 4.91. The van der Waals surface area contributed by atoms with Gasteiger partial charge in [-0.2, -0.15) is 13.2 Å². The minimum atomic E-state index is -4.21. The van der Waals surface area contributed by atoms with E-state index in [0.29, 0.717) is 22.8 Å². The molecule has 0 spiro atoms. The van der Waals surface area contributed by atoms with E-state index in [9.17, 15) is 13.2 Å². The van der Waals surface area contributed by atoms with Crippen LogP contribution in [-0.4, -0.2) is 41.3 Å². The predicted molar refractivity (Wildman–Crippen MR) is 113 cm³/mol. The Balaban J connectivity index is 1.21. The highest BCUT2D eigenvalue weighted by Gasteiger charge is 2.39. The second-order valence-electron chi connectivity index (χ2n) is 8.21. The summed E-state index contributed by atoms with van der Waals surface area (Å²) in [5.41, 5.74) is 1.41. The maximum absolute atomic E-state index is 12.8. The van der Waals surface area contributed by atoms with Crippen LogP contribution in [0.15, 0.2) is 42.7 Å². The van der Waals surface area contributed by atoms with Crippen LogP contribution in [0.3, 0.4) is 0 Å². The number of aromatic nitrogens is 2. The van der Waals surface area contributed by atoms with Gasteiger partial charge in [-0.25, -0.2) is 9.97 Å². The number of piperidine rings is 1. The van der Waals surface area contributed by atoms with Gasteiger partial charge in [-0.15, -0.1) is 11.3 Å². The highest BCUT2D eigenvalue weighted by atomic mass is 32.1. The molecule has 0 unspecified atom stereocenters. The SMILES string of the molecule is FC(F)(F)Cc1cc2c(N3CCC(N[C@@H]4C[C@H]4c4ccccc4)CC3)ncnc2s1. The first-order valence-corrected chi connectivity index (χ1v) is 11.1. The van der Waals surface area contributed by atoms with Crippen molar-refractivity contribution in [2.24, 2.45) is 0 Å². The fourth-order valence-electron chi connectivity index (χ4n) is 4.44. The summed E-state index contributed by atoms with van der Waals surface area (Å²) in [6, 6.07) is 13.3. The summed E-state index contributed by atoms with van der Waals surface area (Å²) in [5, 5.41) is 4.53. The summed E-state index contributed by atoms with van der Waals surface area (Å²) >= 11 is 1.11. The molecular formula is C22H23F3N4S. The summed E-state index contributed by atoms with van der Waals surface area (Å²) in [6.07, 6.45) is -0.466.